The molecule has 224 valence electrons. The average molecular weight is 597 g/mol. The Hall–Kier alpha value is -3.16. The molecule has 3 N–H and O–H groups in total. The van der Waals surface area contributed by atoms with Gasteiger partial charge in [0.1, 0.15) is 30.5 Å². The van der Waals surface area contributed by atoms with E-state index in [1.165, 1.54) is 20.8 Å². The second kappa shape index (κ2) is 12.0. The number of rotatable bonds is 11. The molecular formula is C26H34FN4O9P. The number of alkyl halides is 1. The molecule has 1 aliphatic heterocycles. The van der Waals surface area contributed by atoms with Crippen molar-refractivity contribution in [1.82, 2.24) is 19.5 Å². The molecule has 2 aromatic heterocycles. The van der Waals surface area contributed by atoms with Gasteiger partial charge in [0.2, 0.25) is 0 Å². The molecule has 41 heavy (non-hydrogen) atoms. The van der Waals surface area contributed by atoms with Crippen LogP contribution >= 0.6 is 7.60 Å². The molecule has 15 heteroatoms. The number of nitrogens with one attached hydrogen (secondary N) is 1. The minimum Gasteiger partial charge on any atom is -0.463 e. The fourth-order valence-electron chi connectivity index (χ4n) is 4.61. The van der Waals surface area contributed by atoms with Gasteiger partial charge < -0.3 is 29.2 Å². The van der Waals surface area contributed by atoms with Crippen molar-refractivity contribution in [3.63, 3.8) is 0 Å². The predicted octanol–water partition coefficient (Wildman–Crippen LogP) is 2.65. The number of aliphatic hydroxyl groups excluding tert-OH is 1. The lowest BCUT2D eigenvalue weighted by Gasteiger charge is -2.30. The summed E-state index contributed by atoms with van der Waals surface area (Å²) in [7, 11) is -4.16. The molecule has 0 radical (unpaired) electrons. The largest absolute Gasteiger partial charge is 0.463 e. The van der Waals surface area contributed by atoms with Gasteiger partial charge in [-0.25, -0.2) is 18.9 Å². The van der Waals surface area contributed by atoms with Gasteiger partial charge in [-0.2, -0.15) is 0 Å². The number of hydrogen-bond donors (Lipinski definition) is 3. The molecule has 0 bridgehead atoms. The van der Waals surface area contributed by atoms with Gasteiger partial charge in [-0.05, 0) is 39.8 Å². The van der Waals surface area contributed by atoms with Crippen LogP contribution in [0.15, 0.2) is 41.5 Å². The highest BCUT2D eigenvalue weighted by molar-refractivity contribution is 7.54. The minimum absolute atomic E-state index is 0.000110. The van der Waals surface area contributed by atoms with E-state index < -0.39 is 68.0 Å². The first-order valence-corrected chi connectivity index (χ1v) is 14.8. The molecule has 1 saturated heterocycles. The lowest BCUT2D eigenvalue weighted by Crippen LogP contribution is -2.50. The van der Waals surface area contributed by atoms with Crippen molar-refractivity contribution in [3.05, 3.63) is 52.8 Å². The van der Waals surface area contributed by atoms with Crippen LogP contribution in [0, 0.1) is 12.8 Å². The third-order valence-electron chi connectivity index (χ3n) is 6.58. The van der Waals surface area contributed by atoms with Crippen molar-refractivity contribution in [1.29, 1.82) is 0 Å². The first kappa shape index (κ1) is 30.8. The molecule has 0 saturated carbocycles. The number of benzene rings is 1. The number of aryl methyl sites for hydroxylation is 1. The van der Waals surface area contributed by atoms with Crippen LogP contribution in [0.2, 0.25) is 0 Å². The SMILES string of the molecule is Cc1nc2c(ncn2[C@@H]2O[C@H]([C@@H](C)O[P@](=O)(C[C@@H](C)C(=O)OC(C)C)Oc3ccccc3)[C@H](O)C2(O)CF)c(=O)[nH]1. The number of nitrogens with zero attached hydrogens (tertiary/aromatic N) is 3. The van der Waals surface area contributed by atoms with E-state index in [0.717, 1.165) is 10.9 Å². The monoisotopic (exact) mass is 596 g/mol. The van der Waals surface area contributed by atoms with E-state index >= 15 is 0 Å². The fourth-order valence-corrected chi connectivity index (χ4v) is 6.71. The van der Waals surface area contributed by atoms with Gasteiger partial charge in [-0.15, -0.1) is 0 Å². The van der Waals surface area contributed by atoms with E-state index in [9.17, 15) is 28.8 Å². The number of aromatic nitrogens is 4. The first-order valence-electron chi connectivity index (χ1n) is 13.1. The van der Waals surface area contributed by atoms with Gasteiger partial charge in [-0.3, -0.25) is 18.7 Å². The molecule has 4 rings (SSSR count). The summed E-state index contributed by atoms with van der Waals surface area (Å²) in [6.07, 6.45) is -5.76. The van der Waals surface area contributed by atoms with E-state index in [1.807, 2.05) is 0 Å². The lowest BCUT2D eigenvalue weighted by molar-refractivity contribution is -0.151. The van der Waals surface area contributed by atoms with Gasteiger partial charge in [0.25, 0.3) is 5.56 Å². The number of aliphatic hydroxyl groups is 2. The number of aromatic amines is 1. The topological polar surface area (TPSA) is 175 Å². The molecular weight excluding hydrogens is 562 g/mol. The highest BCUT2D eigenvalue weighted by Gasteiger charge is 2.59. The van der Waals surface area contributed by atoms with Crippen LogP contribution in [0.3, 0.4) is 0 Å². The van der Waals surface area contributed by atoms with Crippen LogP contribution in [0.4, 0.5) is 4.39 Å². The first-order chi connectivity index (χ1) is 19.3. The predicted molar refractivity (Wildman–Crippen MR) is 144 cm³/mol. The van der Waals surface area contributed by atoms with Crippen molar-refractivity contribution in [2.75, 3.05) is 12.8 Å². The van der Waals surface area contributed by atoms with E-state index in [0.29, 0.717) is 0 Å². The zero-order valence-corrected chi connectivity index (χ0v) is 24.2. The Kier molecular flexibility index (Phi) is 9.00. The van der Waals surface area contributed by atoms with Gasteiger partial charge in [0.15, 0.2) is 23.0 Å². The summed E-state index contributed by atoms with van der Waals surface area (Å²) in [5.74, 6) is -1.06. The lowest BCUT2D eigenvalue weighted by atomic mass is 9.93. The number of H-pyrrole nitrogens is 1. The molecule has 0 amide bonds. The maximum atomic E-state index is 14.4. The Morgan fingerprint density at radius 2 is 1.95 bits per heavy atom. The normalized spacial score (nSPS) is 25.6. The van der Waals surface area contributed by atoms with Gasteiger partial charge in [0, 0.05) is 0 Å². The quantitative estimate of drug-likeness (QED) is 0.219. The zero-order valence-electron chi connectivity index (χ0n) is 23.3. The van der Waals surface area contributed by atoms with E-state index in [-0.39, 0.29) is 28.9 Å². The van der Waals surface area contributed by atoms with Crippen LogP contribution < -0.4 is 10.1 Å². The van der Waals surface area contributed by atoms with Crippen molar-refractivity contribution < 1.29 is 42.5 Å². The zero-order chi connectivity index (χ0) is 30.1. The summed E-state index contributed by atoms with van der Waals surface area (Å²) in [5, 5.41) is 22.3. The number of fused-ring (bicyclic) bond motifs is 1. The van der Waals surface area contributed by atoms with Gasteiger partial charge in [0.05, 0.1) is 30.6 Å². The molecule has 0 aliphatic carbocycles. The maximum Gasteiger partial charge on any atom is 0.380 e. The van der Waals surface area contributed by atoms with Crippen molar-refractivity contribution >= 4 is 24.7 Å². The van der Waals surface area contributed by atoms with Crippen LogP contribution in [-0.4, -0.2) is 78.6 Å². The average Bonchev–Trinajstić information content (AvgIpc) is 3.42. The number of hydrogen-bond acceptors (Lipinski definition) is 11. The summed E-state index contributed by atoms with van der Waals surface area (Å²) in [6.45, 7) is 6.37. The van der Waals surface area contributed by atoms with E-state index in [1.54, 1.807) is 44.2 Å². The molecule has 3 heterocycles. The molecule has 3 aromatic rings. The highest BCUT2D eigenvalue weighted by Crippen LogP contribution is 2.53. The molecule has 7 atom stereocenters. The molecule has 1 fully saturated rings. The Balaban J connectivity index is 1.63. The van der Waals surface area contributed by atoms with Crippen LogP contribution in [0.1, 0.15) is 39.7 Å². The number of esters is 1. The third kappa shape index (κ3) is 6.36. The van der Waals surface area contributed by atoms with Crippen molar-refractivity contribution in [3.8, 4) is 5.75 Å². The number of para-hydroxylation sites is 1. The summed E-state index contributed by atoms with van der Waals surface area (Å²) in [6, 6.07) is 8.15. The second-order valence-electron chi connectivity index (χ2n) is 10.4. The number of carbonyl (C=O) groups is 1. The van der Waals surface area contributed by atoms with Crippen LogP contribution in [0.25, 0.3) is 11.2 Å². The summed E-state index contributed by atoms with van der Waals surface area (Å²) in [4.78, 5) is 35.5. The molecule has 0 spiro atoms. The van der Waals surface area contributed by atoms with Gasteiger partial charge >= 0.3 is 13.6 Å². The number of ether oxygens (including phenoxy) is 2. The Bertz CT molecular complexity index is 1480. The Morgan fingerprint density at radius 3 is 2.59 bits per heavy atom. The van der Waals surface area contributed by atoms with Crippen molar-refractivity contribution in [2.45, 2.75) is 70.9 Å². The van der Waals surface area contributed by atoms with E-state index in [4.69, 9.17) is 18.5 Å². The highest BCUT2D eigenvalue weighted by atomic mass is 31.2. The molecule has 1 unspecified atom stereocenters. The number of halogens is 1. The number of carbonyl (C=O) groups excluding carboxylic acids is 1. The molecule has 13 nitrogen and oxygen atoms in total. The molecule has 1 aliphatic rings. The van der Waals surface area contributed by atoms with Gasteiger partial charge in [-0.1, -0.05) is 25.1 Å². The summed E-state index contributed by atoms with van der Waals surface area (Å²) < 4.78 is 52.3. The summed E-state index contributed by atoms with van der Waals surface area (Å²) in [5.41, 5.74) is -3.14. The van der Waals surface area contributed by atoms with E-state index in [2.05, 4.69) is 15.0 Å². The summed E-state index contributed by atoms with van der Waals surface area (Å²) >= 11 is 0. The minimum atomic E-state index is -4.16. The number of imidazole rings is 1. The smallest absolute Gasteiger partial charge is 0.380 e. The maximum absolute atomic E-state index is 14.4. The molecule has 1 aromatic carbocycles. The van der Waals surface area contributed by atoms with Crippen molar-refractivity contribution in [2.24, 2.45) is 5.92 Å². The Morgan fingerprint density at radius 1 is 1.27 bits per heavy atom. The standard InChI is InChI=1S/C26H34FN4O9P/c1-14(2)37-24(34)15(3)11-41(36,40-18-9-7-6-8-10-18)39-16(4)20-21(32)26(35,12-27)25(38-20)31-13-28-19-22(31)29-17(5)30-23(19)33/h6-10,13-16,20-21,25,32,35H,11-12H2,1-5H3,(H,29,30,33)/t15-,16-,20-,21+,25-,26?,41-/m1/s1. The fraction of sp³-hybridized carbons (Fsp3) is 0.538. The Labute approximate surface area is 235 Å². The third-order valence-corrected chi connectivity index (χ3v) is 8.72. The second-order valence-corrected chi connectivity index (χ2v) is 12.4. The van der Waals surface area contributed by atoms with Crippen LogP contribution in [-0.2, 0) is 23.4 Å². The van der Waals surface area contributed by atoms with Crippen LogP contribution in [0.5, 0.6) is 5.75 Å².